The minimum Gasteiger partial charge on any atom is -0.344 e. The Morgan fingerprint density at radius 2 is 1.85 bits per heavy atom. The van der Waals surface area contributed by atoms with Crippen LogP contribution >= 0.6 is 34.7 Å². The second-order valence-corrected chi connectivity index (χ2v) is 9.54. The van der Waals surface area contributed by atoms with Crippen LogP contribution in [0.1, 0.15) is 17.0 Å². The molecule has 0 saturated carbocycles. The number of nitrogens with one attached hydrogen (secondary N) is 2. The Morgan fingerprint density at radius 3 is 2.58 bits per heavy atom. The third-order valence-electron chi connectivity index (χ3n) is 5.52. The Morgan fingerprint density at radius 1 is 1.09 bits per heavy atom. The average molecular weight is 505 g/mol. The van der Waals surface area contributed by atoms with E-state index in [1.165, 1.54) is 11.5 Å². The highest BCUT2D eigenvalue weighted by Crippen LogP contribution is 2.21. The van der Waals surface area contributed by atoms with Crippen LogP contribution in [0.25, 0.3) is 0 Å². The molecule has 1 saturated heterocycles. The van der Waals surface area contributed by atoms with Gasteiger partial charge in [-0.3, -0.25) is 4.90 Å². The average Bonchev–Trinajstić information content (AvgIpc) is 3.27. The summed E-state index contributed by atoms with van der Waals surface area (Å²) in [5.41, 5.74) is 2.81. The molecule has 0 atom stereocenters. The molecule has 2 heterocycles. The first-order valence-electron chi connectivity index (χ1n) is 10.8. The maximum atomic E-state index is 12.1. The van der Waals surface area contributed by atoms with E-state index in [-0.39, 0.29) is 6.03 Å². The van der Waals surface area contributed by atoms with Gasteiger partial charge in [0, 0.05) is 73.0 Å². The summed E-state index contributed by atoms with van der Waals surface area (Å²) in [6.45, 7) is 6.93. The summed E-state index contributed by atoms with van der Waals surface area (Å²) in [4.78, 5) is 21.5. The van der Waals surface area contributed by atoms with Crippen LogP contribution in [0.3, 0.4) is 0 Å². The van der Waals surface area contributed by atoms with Gasteiger partial charge in [-0.2, -0.15) is 4.37 Å². The molecule has 1 aliphatic rings. The first-order chi connectivity index (χ1) is 16.0. The van der Waals surface area contributed by atoms with Crippen molar-refractivity contribution in [2.45, 2.75) is 13.3 Å². The van der Waals surface area contributed by atoms with Gasteiger partial charge in [0.15, 0.2) is 0 Å². The molecule has 0 unspecified atom stereocenters. The number of rotatable bonds is 7. The Labute approximate surface area is 207 Å². The van der Waals surface area contributed by atoms with E-state index < -0.39 is 0 Å². The van der Waals surface area contributed by atoms with Gasteiger partial charge in [-0.05, 0) is 42.3 Å². The van der Waals surface area contributed by atoms with E-state index in [2.05, 4.69) is 24.8 Å². The first kappa shape index (κ1) is 23.8. The smallest absolute Gasteiger partial charge is 0.319 e. The fraction of sp³-hybridized carbons (Fsp3) is 0.348. The van der Waals surface area contributed by atoms with Crippen molar-refractivity contribution in [3.63, 3.8) is 0 Å². The number of carbonyl (C=O) groups is 1. The van der Waals surface area contributed by atoms with Crippen LogP contribution in [-0.2, 0) is 6.42 Å². The van der Waals surface area contributed by atoms with Gasteiger partial charge in [0.1, 0.15) is 5.82 Å². The molecule has 1 fully saturated rings. The number of nitrogens with zero attached hydrogens (tertiary/aromatic N) is 4. The number of benzene rings is 2. The third-order valence-corrected chi connectivity index (χ3v) is 6.99. The predicted octanol–water partition coefficient (Wildman–Crippen LogP) is 4.69. The maximum absolute atomic E-state index is 12.1. The van der Waals surface area contributed by atoms with Crippen molar-refractivity contribution in [3.05, 3.63) is 69.5 Å². The molecule has 0 bridgehead atoms. The lowest BCUT2D eigenvalue weighted by molar-refractivity contribution is 0.240. The summed E-state index contributed by atoms with van der Waals surface area (Å²) in [5, 5.41) is 8.06. The molecule has 2 amide bonds. The zero-order valence-electron chi connectivity index (χ0n) is 18.4. The Bertz CT molecular complexity index is 1080. The van der Waals surface area contributed by atoms with Gasteiger partial charge in [-0.1, -0.05) is 41.4 Å². The first-order valence-corrected chi connectivity index (χ1v) is 12.3. The van der Waals surface area contributed by atoms with Crippen LogP contribution in [0.2, 0.25) is 10.0 Å². The van der Waals surface area contributed by atoms with Crippen molar-refractivity contribution in [2.24, 2.45) is 0 Å². The van der Waals surface area contributed by atoms with Crippen LogP contribution in [0.4, 0.5) is 15.6 Å². The van der Waals surface area contributed by atoms with Crippen LogP contribution in [-0.4, -0.2) is 59.6 Å². The van der Waals surface area contributed by atoms with E-state index in [1.54, 1.807) is 6.07 Å². The molecule has 1 aromatic heterocycles. The topological polar surface area (TPSA) is 73.4 Å². The fourth-order valence-corrected chi connectivity index (χ4v) is 4.61. The summed E-state index contributed by atoms with van der Waals surface area (Å²) in [5.74, 6) is 0.838. The van der Waals surface area contributed by atoms with Crippen LogP contribution in [0.5, 0.6) is 0 Å². The minimum absolute atomic E-state index is 0.226. The quantitative estimate of drug-likeness (QED) is 0.488. The second kappa shape index (κ2) is 11.2. The van der Waals surface area contributed by atoms with E-state index in [4.69, 9.17) is 28.2 Å². The normalized spacial score (nSPS) is 14.3. The number of hydrogen-bond acceptors (Lipinski definition) is 6. The molecule has 0 radical (unpaired) electrons. The number of aromatic nitrogens is 2. The number of urea groups is 1. The van der Waals surface area contributed by atoms with E-state index in [0.717, 1.165) is 59.8 Å². The largest absolute Gasteiger partial charge is 0.344 e. The molecule has 174 valence electrons. The number of amides is 2. The molecule has 0 spiro atoms. The molecule has 4 rings (SSSR count). The number of aryl methyl sites for hydroxylation is 1. The lowest BCUT2D eigenvalue weighted by Crippen LogP contribution is -2.48. The zero-order chi connectivity index (χ0) is 23.2. The van der Waals surface area contributed by atoms with E-state index in [1.807, 2.05) is 43.3 Å². The number of anilines is 2. The van der Waals surface area contributed by atoms with Crippen molar-refractivity contribution in [2.75, 3.05) is 49.5 Å². The molecule has 2 aromatic carbocycles. The highest BCUT2D eigenvalue weighted by atomic mass is 35.5. The summed E-state index contributed by atoms with van der Waals surface area (Å²) < 4.78 is 4.52. The Hall–Kier alpha value is -2.39. The lowest BCUT2D eigenvalue weighted by atomic mass is 10.1. The molecule has 3 aromatic rings. The highest BCUT2D eigenvalue weighted by molar-refractivity contribution is 7.09. The fourth-order valence-electron chi connectivity index (χ4n) is 3.57. The van der Waals surface area contributed by atoms with Crippen LogP contribution in [0, 0.1) is 6.92 Å². The summed E-state index contributed by atoms with van der Waals surface area (Å²) in [6.07, 6.45) is 0.705. The van der Waals surface area contributed by atoms with Gasteiger partial charge in [-0.25, -0.2) is 9.78 Å². The highest BCUT2D eigenvalue weighted by Gasteiger charge is 2.20. The SMILES string of the molecule is Cc1ccc(NC(=O)NCCN2CCN(c3nc(Cc4ccc(Cl)cc4)ns3)CC2)cc1Cl. The van der Waals surface area contributed by atoms with Crippen molar-refractivity contribution >= 4 is 51.6 Å². The summed E-state index contributed by atoms with van der Waals surface area (Å²) in [7, 11) is 0. The van der Waals surface area contributed by atoms with E-state index in [9.17, 15) is 4.79 Å². The predicted molar refractivity (Wildman–Crippen MR) is 136 cm³/mol. The van der Waals surface area contributed by atoms with Crippen molar-refractivity contribution < 1.29 is 4.79 Å². The second-order valence-electron chi connectivity index (χ2n) is 7.97. The van der Waals surface area contributed by atoms with Gasteiger partial charge in [-0.15, -0.1) is 0 Å². The van der Waals surface area contributed by atoms with Gasteiger partial charge in [0.25, 0.3) is 0 Å². The zero-order valence-corrected chi connectivity index (χ0v) is 20.7. The standard InChI is InChI=1S/C23H26Cl2N6OS/c1-16-2-7-19(15-20(16)25)27-22(32)26-8-9-30-10-12-31(13-11-30)23-28-21(29-33-23)14-17-3-5-18(24)6-4-17/h2-7,15H,8-14H2,1H3,(H2,26,27,32). The number of hydrogen-bond donors (Lipinski definition) is 2. The number of piperazine rings is 1. The molecule has 2 N–H and O–H groups in total. The van der Waals surface area contributed by atoms with E-state index in [0.29, 0.717) is 23.7 Å². The van der Waals surface area contributed by atoms with Crippen molar-refractivity contribution in [1.29, 1.82) is 0 Å². The van der Waals surface area contributed by atoms with Gasteiger partial charge < -0.3 is 15.5 Å². The van der Waals surface area contributed by atoms with Crippen molar-refractivity contribution in [1.82, 2.24) is 19.6 Å². The maximum Gasteiger partial charge on any atom is 0.319 e. The summed E-state index contributed by atoms with van der Waals surface area (Å²) in [6, 6.07) is 13.0. The number of carbonyl (C=O) groups excluding carboxylic acids is 1. The van der Waals surface area contributed by atoms with Gasteiger partial charge in [0.05, 0.1) is 0 Å². The molecule has 10 heteroatoms. The molecule has 33 heavy (non-hydrogen) atoms. The Balaban J connectivity index is 1.17. The summed E-state index contributed by atoms with van der Waals surface area (Å²) >= 11 is 13.5. The molecular weight excluding hydrogens is 479 g/mol. The molecule has 0 aliphatic carbocycles. The molecule has 1 aliphatic heterocycles. The third kappa shape index (κ3) is 6.80. The lowest BCUT2D eigenvalue weighted by Gasteiger charge is -2.34. The molecular formula is C23H26Cl2N6OS. The van der Waals surface area contributed by atoms with Gasteiger partial charge in [0.2, 0.25) is 5.13 Å². The van der Waals surface area contributed by atoms with Crippen LogP contribution < -0.4 is 15.5 Å². The van der Waals surface area contributed by atoms with Crippen molar-refractivity contribution in [3.8, 4) is 0 Å². The van der Waals surface area contributed by atoms with E-state index >= 15 is 0 Å². The molecule has 7 nitrogen and oxygen atoms in total. The minimum atomic E-state index is -0.226. The Kier molecular flexibility index (Phi) is 8.03. The van der Waals surface area contributed by atoms with Gasteiger partial charge >= 0.3 is 6.03 Å². The number of halogens is 2. The van der Waals surface area contributed by atoms with Crippen LogP contribution in [0.15, 0.2) is 42.5 Å². The monoisotopic (exact) mass is 504 g/mol.